The highest BCUT2D eigenvalue weighted by Crippen LogP contribution is 2.40. The maximum Gasteiger partial charge on any atom is 0.264 e. The number of amides is 3. The van der Waals surface area contributed by atoms with E-state index >= 15 is 0 Å². The van der Waals surface area contributed by atoms with E-state index in [1.807, 2.05) is 35.0 Å². The van der Waals surface area contributed by atoms with Gasteiger partial charge in [-0.1, -0.05) is 24.3 Å². The fraction of sp³-hybridized carbons (Fsp3) is 0.640. The van der Waals surface area contributed by atoms with Gasteiger partial charge in [-0.15, -0.1) is 0 Å². The highest BCUT2D eigenvalue weighted by Gasteiger charge is 2.42. The van der Waals surface area contributed by atoms with Gasteiger partial charge in [-0.05, 0) is 139 Å². The van der Waals surface area contributed by atoms with E-state index in [1.165, 1.54) is 4.90 Å². The van der Waals surface area contributed by atoms with Crippen LogP contribution >= 0.6 is 0 Å². The number of hydrogen-bond acceptors (Lipinski definition) is 11. The van der Waals surface area contributed by atoms with Gasteiger partial charge in [0.25, 0.3) is 12.3 Å². The Labute approximate surface area is 393 Å². The molecule has 0 saturated carbocycles. The van der Waals surface area contributed by atoms with Crippen LogP contribution in [-0.2, 0) is 27.2 Å². The second kappa shape index (κ2) is 21.6. The van der Waals surface area contributed by atoms with Crippen LogP contribution in [0.3, 0.4) is 0 Å². The van der Waals surface area contributed by atoms with Crippen LogP contribution in [0.15, 0.2) is 35.4 Å². The van der Waals surface area contributed by atoms with Crippen LogP contribution in [0.25, 0.3) is 0 Å². The second-order valence-electron chi connectivity index (χ2n) is 19.9. The van der Waals surface area contributed by atoms with Crippen LogP contribution in [-0.4, -0.2) is 156 Å². The van der Waals surface area contributed by atoms with Crippen LogP contribution in [0.5, 0.6) is 0 Å². The van der Waals surface area contributed by atoms with Crippen molar-refractivity contribution in [1.29, 1.82) is 5.41 Å². The molecule has 3 amide bonds. The number of rotatable bonds is 17. The number of aldehydes is 1. The maximum atomic E-state index is 14.6. The maximum absolute atomic E-state index is 14.6. The number of carbonyl (C=O) groups excluding carboxylic acids is 4. The zero-order valence-electron chi connectivity index (χ0n) is 39.3. The number of fused-ring (bicyclic) bond motifs is 2. The van der Waals surface area contributed by atoms with Crippen molar-refractivity contribution in [2.75, 3.05) is 77.4 Å². The van der Waals surface area contributed by atoms with Crippen molar-refractivity contribution < 1.29 is 33.1 Å². The summed E-state index contributed by atoms with van der Waals surface area (Å²) in [6.45, 7) is 9.96. The predicted molar refractivity (Wildman–Crippen MR) is 253 cm³/mol. The first-order chi connectivity index (χ1) is 32.3. The first kappa shape index (κ1) is 48.6. The molecule has 0 spiro atoms. The number of nitrogens with two attached hydrogens (primary N) is 1. The molecule has 5 atom stereocenters. The van der Waals surface area contributed by atoms with Gasteiger partial charge >= 0.3 is 0 Å². The molecular weight excluding hydrogens is 859 g/mol. The Bertz CT molecular complexity index is 2160. The number of hydrazone groups is 1. The van der Waals surface area contributed by atoms with Gasteiger partial charge in [-0.3, -0.25) is 29.7 Å². The Morgan fingerprint density at radius 2 is 1.73 bits per heavy atom. The molecule has 0 bridgehead atoms. The summed E-state index contributed by atoms with van der Waals surface area (Å²) < 4.78 is 29.3. The van der Waals surface area contributed by atoms with E-state index in [4.69, 9.17) is 5.73 Å². The molecule has 2 aromatic carbocycles. The van der Waals surface area contributed by atoms with E-state index in [-0.39, 0.29) is 48.1 Å². The van der Waals surface area contributed by atoms with Crippen LogP contribution in [0.2, 0.25) is 0 Å². The molecule has 2 aromatic rings. The Kier molecular flexibility index (Phi) is 15.7. The number of halogens is 2. The first-order valence-electron chi connectivity index (χ1n) is 24.7. The minimum atomic E-state index is -2.64. The average Bonchev–Trinajstić information content (AvgIpc) is 3.87. The lowest BCUT2D eigenvalue weighted by Crippen LogP contribution is -2.59. The van der Waals surface area contributed by atoms with Crippen molar-refractivity contribution in [3.8, 4) is 0 Å². The third kappa shape index (κ3) is 11.1. The molecule has 0 aliphatic carbocycles. The number of nitrogens with zero attached hydrogens (tertiary/aromatic N) is 7. The van der Waals surface area contributed by atoms with E-state index in [0.29, 0.717) is 79.1 Å². The van der Waals surface area contributed by atoms with Gasteiger partial charge in [0.15, 0.2) is 6.23 Å². The summed E-state index contributed by atoms with van der Waals surface area (Å²) in [7, 11) is 1.85. The van der Waals surface area contributed by atoms with Crippen LogP contribution < -0.4 is 16.0 Å². The zero-order valence-corrected chi connectivity index (χ0v) is 39.3. The molecule has 15 nitrogen and oxygen atoms in total. The van der Waals surface area contributed by atoms with E-state index in [0.717, 1.165) is 108 Å². The standard InChI is InChI=1S/C50H70F2N10O5/c1-32(64)60-25-17-43(42(30-60)48(54)61-20-4-7-35-26-40(36-28-55-57(2)29-36)41(47(51)52)27-44(35)61)56-37-15-23-59(24-16-37)19-5-18-58-21-13-33(14-22-58)9-10-34-6-3-8-39-46(34)50(67)62(49(39)66)38(31-63)11-12-45(53)65/h3,6,8,26-28,31,33,36-38,42-43,47,49,54,56,66H,4-5,7,9-25,29-30H2,1-2H3,(H2,53,65). The summed E-state index contributed by atoms with van der Waals surface area (Å²) in [5.74, 6) is -0.464. The third-order valence-electron chi connectivity index (χ3n) is 15.5. The lowest BCUT2D eigenvalue weighted by atomic mass is 9.86. The number of anilines is 1. The molecule has 5 N–H and O–H groups in total. The number of nitrogens with one attached hydrogen (secondary N) is 2. The molecule has 0 radical (unpaired) electrons. The van der Waals surface area contributed by atoms with Gasteiger partial charge in [0.1, 0.15) is 12.1 Å². The van der Waals surface area contributed by atoms with E-state index in [9.17, 15) is 38.5 Å². The van der Waals surface area contributed by atoms with Gasteiger partial charge in [-0.25, -0.2) is 8.78 Å². The summed E-state index contributed by atoms with van der Waals surface area (Å²) in [6, 6.07) is 8.45. The van der Waals surface area contributed by atoms with Crippen molar-refractivity contribution in [3.63, 3.8) is 0 Å². The average molecular weight is 929 g/mol. The molecule has 67 heavy (non-hydrogen) atoms. The molecule has 6 aliphatic heterocycles. The number of likely N-dealkylation sites (tertiary alicyclic amines) is 3. The lowest BCUT2D eigenvalue weighted by Gasteiger charge is -2.45. The highest BCUT2D eigenvalue weighted by atomic mass is 19.3. The van der Waals surface area contributed by atoms with Gasteiger partial charge in [0, 0.05) is 93.5 Å². The molecule has 5 unspecified atom stereocenters. The highest BCUT2D eigenvalue weighted by molar-refractivity contribution is 6.02. The molecule has 6 heterocycles. The summed E-state index contributed by atoms with van der Waals surface area (Å²) >= 11 is 0. The monoisotopic (exact) mass is 929 g/mol. The number of primary amides is 1. The molecular formula is C50H70F2N10O5. The van der Waals surface area contributed by atoms with Crippen molar-refractivity contribution in [2.24, 2.45) is 22.7 Å². The number of aliphatic hydroxyl groups excluding tert-OH is 1. The minimum absolute atomic E-state index is 0.00284. The number of hydrogen-bond donors (Lipinski definition) is 4. The summed E-state index contributed by atoms with van der Waals surface area (Å²) in [4.78, 5) is 59.5. The number of likely N-dealkylation sites (N-methyl/N-ethyl adjacent to an activating group) is 1. The Hall–Kier alpha value is -4.84. The molecule has 3 fully saturated rings. The van der Waals surface area contributed by atoms with Crippen molar-refractivity contribution in [2.45, 2.75) is 121 Å². The van der Waals surface area contributed by atoms with Gasteiger partial charge in [0.05, 0.1) is 11.6 Å². The number of carbonyl (C=O) groups is 4. The minimum Gasteiger partial charge on any atom is -0.370 e. The molecule has 8 rings (SSSR count). The number of aliphatic hydroxyl groups is 1. The molecule has 364 valence electrons. The Balaban J connectivity index is 0.787. The summed E-state index contributed by atoms with van der Waals surface area (Å²) in [5.41, 5.74) is 9.47. The molecule has 0 aromatic heterocycles. The van der Waals surface area contributed by atoms with Gasteiger partial charge < -0.3 is 40.6 Å². The third-order valence-corrected chi connectivity index (χ3v) is 15.5. The Morgan fingerprint density at radius 3 is 2.39 bits per heavy atom. The number of piperidine rings is 3. The van der Waals surface area contributed by atoms with E-state index in [1.54, 1.807) is 30.3 Å². The van der Waals surface area contributed by atoms with Crippen molar-refractivity contribution >= 4 is 41.7 Å². The molecule has 6 aliphatic rings. The van der Waals surface area contributed by atoms with E-state index < -0.39 is 24.6 Å². The fourth-order valence-electron chi connectivity index (χ4n) is 11.7. The normalized spacial score (nSPS) is 24.7. The Morgan fingerprint density at radius 1 is 1.00 bits per heavy atom. The largest absolute Gasteiger partial charge is 0.370 e. The SMILES string of the molecule is CC(=O)N1CCC(NC2CCN(CCCN3CCC(CCc4cccc5c4C(=O)N(C(C=O)CCC(N)=O)C5O)CC3)CC2)C(C(=N)N2CCCc3cc(C4C=NN(C)C4)c(C(F)F)cc32)C1. The van der Waals surface area contributed by atoms with Crippen LogP contribution in [0.1, 0.15) is 128 Å². The lowest BCUT2D eigenvalue weighted by molar-refractivity contribution is -0.130. The second-order valence-corrected chi connectivity index (χ2v) is 19.9. The number of alkyl halides is 2. The summed E-state index contributed by atoms with van der Waals surface area (Å²) in [6.07, 6.45) is 7.78. The quantitative estimate of drug-likeness (QED) is 0.0989. The van der Waals surface area contributed by atoms with Crippen LogP contribution in [0.4, 0.5) is 14.5 Å². The van der Waals surface area contributed by atoms with Crippen LogP contribution in [0, 0.1) is 17.2 Å². The number of aryl methyl sites for hydroxylation is 2. The van der Waals surface area contributed by atoms with Gasteiger partial charge in [-0.2, -0.15) is 5.10 Å². The smallest absolute Gasteiger partial charge is 0.264 e. The van der Waals surface area contributed by atoms with Crippen molar-refractivity contribution in [1.82, 2.24) is 29.9 Å². The summed E-state index contributed by atoms with van der Waals surface area (Å²) in [5, 5.41) is 30.7. The first-order valence-corrected chi connectivity index (χ1v) is 24.7. The number of amidine groups is 1. The van der Waals surface area contributed by atoms with E-state index in [2.05, 4.69) is 20.2 Å². The van der Waals surface area contributed by atoms with Crippen molar-refractivity contribution in [3.05, 3.63) is 63.7 Å². The number of benzene rings is 2. The fourth-order valence-corrected chi connectivity index (χ4v) is 11.7. The van der Waals surface area contributed by atoms with Gasteiger partial charge in [0.2, 0.25) is 11.8 Å². The molecule has 3 saturated heterocycles. The topological polar surface area (TPSA) is 182 Å². The predicted octanol–water partition coefficient (Wildman–Crippen LogP) is 4.67. The zero-order chi connectivity index (χ0) is 47.4. The molecule has 17 heteroatoms.